The minimum absolute atomic E-state index is 0.194. The first-order valence-electron chi connectivity index (χ1n) is 10.6. The molecule has 7 heteroatoms. The van der Waals surface area contributed by atoms with Crippen LogP contribution < -0.4 is 0 Å². The van der Waals surface area contributed by atoms with E-state index in [0.29, 0.717) is 6.54 Å². The Morgan fingerprint density at radius 3 is 2.50 bits per heavy atom. The number of likely N-dealkylation sites (tertiary alicyclic amines) is 1. The number of thioether (sulfide) groups is 1. The van der Waals surface area contributed by atoms with E-state index >= 15 is 0 Å². The van der Waals surface area contributed by atoms with Crippen molar-refractivity contribution in [2.24, 2.45) is 0 Å². The minimum atomic E-state index is -0.205. The Labute approximate surface area is 181 Å². The van der Waals surface area contributed by atoms with Crippen LogP contribution in [0.1, 0.15) is 38.2 Å². The van der Waals surface area contributed by atoms with Crippen molar-refractivity contribution >= 4 is 17.7 Å². The van der Waals surface area contributed by atoms with Crippen molar-refractivity contribution < 1.29 is 4.79 Å². The Bertz CT molecular complexity index is 952. The standard InChI is InChI=1S/C23H27N5OS/c1-18(22(29)27-14-7-2-3-8-15-27)30-23-26-25-21(20-12-9-13-24-16-20)28(23)17-19-10-5-4-6-11-19/h4-6,9-13,16,18H,2-3,7-8,14-15,17H2,1H3. The third-order valence-electron chi connectivity index (χ3n) is 5.37. The average molecular weight is 422 g/mol. The maximum absolute atomic E-state index is 13.0. The van der Waals surface area contributed by atoms with E-state index in [-0.39, 0.29) is 11.2 Å². The van der Waals surface area contributed by atoms with Gasteiger partial charge in [0, 0.05) is 31.0 Å². The molecule has 1 aliphatic rings. The summed E-state index contributed by atoms with van der Waals surface area (Å²) >= 11 is 1.49. The van der Waals surface area contributed by atoms with Crippen LogP contribution in [0.25, 0.3) is 11.4 Å². The van der Waals surface area contributed by atoms with Gasteiger partial charge >= 0.3 is 0 Å². The number of hydrogen-bond donors (Lipinski definition) is 0. The molecule has 6 nitrogen and oxygen atoms in total. The molecule has 0 radical (unpaired) electrons. The van der Waals surface area contributed by atoms with Crippen molar-refractivity contribution in [2.45, 2.75) is 49.6 Å². The summed E-state index contributed by atoms with van der Waals surface area (Å²) in [5, 5.41) is 9.45. The fraction of sp³-hybridized carbons (Fsp3) is 0.391. The monoisotopic (exact) mass is 421 g/mol. The van der Waals surface area contributed by atoms with Crippen molar-refractivity contribution in [3.63, 3.8) is 0 Å². The predicted octanol–water partition coefficient (Wildman–Crippen LogP) is 4.27. The van der Waals surface area contributed by atoms with E-state index in [9.17, 15) is 4.79 Å². The van der Waals surface area contributed by atoms with Gasteiger partial charge in [-0.3, -0.25) is 14.3 Å². The number of benzene rings is 1. The molecule has 4 rings (SSSR count). The lowest BCUT2D eigenvalue weighted by molar-refractivity contribution is -0.130. The fourth-order valence-corrected chi connectivity index (χ4v) is 4.68. The maximum atomic E-state index is 13.0. The van der Waals surface area contributed by atoms with Gasteiger partial charge in [0.2, 0.25) is 5.91 Å². The van der Waals surface area contributed by atoms with Crippen molar-refractivity contribution in [2.75, 3.05) is 13.1 Å². The number of amides is 1. The normalized spacial score (nSPS) is 15.6. The third-order valence-corrected chi connectivity index (χ3v) is 6.44. The molecular weight excluding hydrogens is 394 g/mol. The molecule has 1 amide bonds. The highest BCUT2D eigenvalue weighted by molar-refractivity contribution is 8.00. The first-order chi connectivity index (χ1) is 14.7. The molecule has 1 aromatic carbocycles. The van der Waals surface area contributed by atoms with Gasteiger partial charge in [-0.15, -0.1) is 10.2 Å². The van der Waals surface area contributed by atoms with Crippen LogP contribution in [0.3, 0.4) is 0 Å². The predicted molar refractivity (Wildman–Crippen MR) is 119 cm³/mol. The molecule has 3 heterocycles. The Kier molecular flexibility index (Phi) is 6.79. The molecule has 1 unspecified atom stereocenters. The average Bonchev–Trinajstić information content (AvgIpc) is 2.99. The molecule has 1 aliphatic heterocycles. The highest BCUT2D eigenvalue weighted by Gasteiger charge is 2.25. The van der Waals surface area contributed by atoms with E-state index in [1.807, 2.05) is 42.2 Å². The lowest BCUT2D eigenvalue weighted by Crippen LogP contribution is -2.37. The van der Waals surface area contributed by atoms with Gasteiger partial charge < -0.3 is 4.90 Å². The van der Waals surface area contributed by atoms with Crippen molar-refractivity contribution in [3.8, 4) is 11.4 Å². The summed E-state index contributed by atoms with van der Waals surface area (Å²) in [5.41, 5.74) is 2.08. The summed E-state index contributed by atoms with van der Waals surface area (Å²) in [6.07, 6.45) is 8.16. The second-order valence-corrected chi connectivity index (χ2v) is 8.93. The van der Waals surface area contributed by atoms with E-state index in [0.717, 1.165) is 48.0 Å². The molecule has 0 aliphatic carbocycles. The molecular formula is C23H27N5OS. The van der Waals surface area contributed by atoms with Crippen LogP contribution in [0, 0.1) is 0 Å². The lowest BCUT2D eigenvalue weighted by Gasteiger charge is -2.23. The lowest BCUT2D eigenvalue weighted by atomic mass is 10.2. The number of nitrogens with zero attached hydrogens (tertiary/aromatic N) is 5. The van der Waals surface area contributed by atoms with Gasteiger partial charge in [0.1, 0.15) is 0 Å². The first kappa shape index (κ1) is 20.6. The zero-order valence-electron chi connectivity index (χ0n) is 17.3. The molecule has 3 aromatic rings. The zero-order valence-corrected chi connectivity index (χ0v) is 18.1. The second-order valence-electron chi connectivity index (χ2n) is 7.62. The minimum Gasteiger partial charge on any atom is -0.342 e. The molecule has 0 bridgehead atoms. The topological polar surface area (TPSA) is 63.9 Å². The molecule has 1 fully saturated rings. The van der Waals surface area contributed by atoms with E-state index < -0.39 is 0 Å². The van der Waals surface area contributed by atoms with E-state index in [4.69, 9.17) is 0 Å². The maximum Gasteiger partial charge on any atom is 0.235 e. The van der Waals surface area contributed by atoms with Crippen molar-refractivity contribution in [3.05, 3.63) is 60.4 Å². The smallest absolute Gasteiger partial charge is 0.235 e. The number of carbonyl (C=O) groups is 1. The largest absolute Gasteiger partial charge is 0.342 e. The van der Waals surface area contributed by atoms with Gasteiger partial charge in [0.05, 0.1) is 11.8 Å². The molecule has 1 atom stereocenters. The highest BCUT2D eigenvalue weighted by Crippen LogP contribution is 2.28. The molecule has 0 N–H and O–H groups in total. The molecule has 30 heavy (non-hydrogen) atoms. The third kappa shape index (κ3) is 4.90. The van der Waals surface area contributed by atoms with Crippen LogP contribution in [0.15, 0.2) is 60.0 Å². The number of aromatic nitrogens is 4. The Morgan fingerprint density at radius 1 is 1.03 bits per heavy atom. The number of pyridine rings is 1. The summed E-state index contributed by atoms with van der Waals surface area (Å²) in [4.78, 5) is 19.3. The van der Waals surface area contributed by atoms with E-state index in [2.05, 4.69) is 31.9 Å². The van der Waals surface area contributed by atoms with E-state index in [1.165, 1.54) is 24.6 Å². The van der Waals surface area contributed by atoms with Gasteiger partial charge in [-0.25, -0.2) is 0 Å². The Hall–Kier alpha value is -2.67. The summed E-state index contributed by atoms with van der Waals surface area (Å²) < 4.78 is 2.09. The SMILES string of the molecule is CC(Sc1nnc(-c2cccnc2)n1Cc1ccccc1)C(=O)N1CCCCCC1. The molecule has 0 spiro atoms. The van der Waals surface area contributed by atoms with Crippen molar-refractivity contribution in [1.82, 2.24) is 24.6 Å². The van der Waals surface area contributed by atoms with Gasteiger partial charge in [0.15, 0.2) is 11.0 Å². The number of rotatable bonds is 6. The second kappa shape index (κ2) is 9.89. The summed E-state index contributed by atoms with van der Waals surface area (Å²) in [5.74, 6) is 0.961. The van der Waals surface area contributed by atoms with Crippen LogP contribution >= 0.6 is 11.8 Å². The highest BCUT2D eigenvalue weighted by atomic mass is 32.2. The van der Waals surface area contributed by atoms with Crippen LogP contribution in [0.2, 0.25) is 0 Å². The van der Waals surface area contributed by atoms with Crippen LogP contribution in [0.4, 0.5) is 0 Å². The van der Waals surface area contributed by atoms with Crippen LogP contribution in [0.5, 0.6) is 0 Å². The van der Waals surface area contributed by atoms with Crippen LogP contribution in [-0.4, -0.2) is 48.9 Å². The number of hydrogen-bond acceptors (Lipinski definition) is 5. The molecule has 2 aromatic heterocycles. The zero-order chi connectivity index (χ0) is 20.8. The summed E-state index contributed by atoms with van der Waals surface area (Å²) in [6.45, 7) is 4.34. The summed E-state index contributed by atoms with van der Waals surface area (Å²) in [7, 11) is 0. The molecule has 1 saturated heterocycles. The molecule has 0 saturated carbocycles. The van der Waals surface area contributed by atoms with Gasteiger partial charge in [0.25, 0.3) is 0 Å². The van der Waals surface area contributed by atoms with Gasteiger partial charge in [-0.1, -0.05) is 54.9 Å². The Balaban J connectivity index is 1.59. The first-order valence-corrected chi connectivity index (χ1v) is 11.4. The number of carbonyl (C=O) groups excluding carboxylic acids is 1. The van der Waals surface area contributed by atoms with E-state index in [1.54, 1.807) is 12.4 Å². The van der Waals surface area contributed by atoms with Gasteiger partial charge in [-0.2, -0.15) is 0 Å². The van der Waals surface area contributed by atoms with Crippen molar-refractivity contribution in [1.29, 1.82) is 0 Å². The quantitative estimate of drug-likeness (QED) is 0.556. The fourth-order valence-electron chi connectivity index (χ4n) is 3.75. The summed E-state index contributed by atoms with van der Waals surface area (Å²) in [6, 6.07) is 14.1. The van der Waals surface area contributed by atoms with Gasteiger partial charge in [-0.05, 0) is 37.5 Å². The van der Waals surface area contributed by atoms with Crippen LogP contribution in [-0.2, 0) is 11.3 Å². The Morgan fingerprint density at radius 2 is 1.80 bits per heavy atom. The molecule has 156 valence electrons.